The van der Waals surface area contributed by atoms with Gasteiger partial charge >= 0.3 is 0 Å². The van der Waals surface area contributed by atoms with Crippen LogP contribution in [0.4, 0.5) is 0 Å². The second-order valence-electron chi connectivity index (χ2n) is 6.53. The summed E-state index contributed by atoms with van der Waals surface area (Å²) < 4.78 is 7.20. The molecule has 2 aliphatic heterocycles. The van der Waals surface area contributed by atoms with Crippen LogP contribution in [0.3, 0.4) is 0 Å². The summed E-state index contributed by atoms with van der Waals surface area (Å²) in [5, 5.41) is 4.21. The van der Waals surface area contributed by atoms with Crippen molar-refractivity contribution in [2.24, 2.45) is 0 Å². The lowest BCUT2D eigenvalue weighted by molar-refractivity contribution is 0.0335. The van der Waals surface area contributed by atoms with Crippen LogP contribution in [0.5, 0.6) is 0 Å². The molecule has 0 unspecified atom stereocenters. The van der Waals surface area contributed by atoms with Gasteiger partial charge in [-0.05, 0) is 19.9 Å². The minimum atomic E-state index is 0.115. The number of carbonyl (C=O) groups excluding carboxylic acids is 1. The van der Waals surface area contributed by atoms with Crippen LogP contribution in [0.15, 0.2) is 12.4 Å². The maximum Gasteiger partial charge on any atom is 0.257 e. The number of carbonyl (C=O) groups is 1. The Labute approximate surface area is 144 Å². The first-order chi connectivity index (χ1) is 11.8. The summed E-state index contributed by atoms with van der Waals surface area (Å²) in [6.45, 7) is 12.5. The van der Waals surface area contributed by atoms with E-state index in [4.69, 9.17) is 4.74 Å². The van der Waals surface area contributed by atoms with Crippen molar-refractivity contribution in [3.05, 3.63) is 18.0 Å². The fraction of sp³-hybridized carbons (Fsp3) is 0.765. The van der Waals surface area contributed by atoms with Gasteiger partial charge in [-0.1, -0.05) is 0 Å². The number of hydrogen-bond acceptors (Lipinski definition) is 5. The topological polar surface area (TPSA) is 53.8 Å². The maximum absolute atomic E-state index is 12.6. The van der Waals surface area contributed by atoms with Crippen molar-refractivity contribution >= 4 is 5.91 Å². The van der Waals surface area contributed by atoms with Gasteiger partial charge in [-0.2, -0.15) is 5.10 Å². The highest BCUT2D eigenvalue weighted by Gasteiger charge is 2.21. The normalized spacial score (nSPS) is 21.0. The number of nitrogens with zero attached hydrogens (tertiary/aromatic N) is 5. The number of ether oxygens (including phenoxy) is 1. The maximum atomic E-state index is 12.6. The quantitative estimate of drug-likeness (QED) is 0.779. The molecule has 3 heterocycles. The summed E-state index contributed by atoms with van der Waals surface area (Å²) in [5.74, 6) is 0.115. The third kappa shape index (κ3) is 4.55. The van der Waals surface area contributed by atoms with Crippen molar-refractivity contribution in [1.82, 2.24) is 24.5 Å². The Morgan fingerprint density at radius 3 is 2.54 bits per heavy atom. The van der Waals surface area contributed by atoms with Crippen LogP contribution in [0.2, 0.25) is 0 Å². The van der Waals surface area contributed by atoms with Gasteiger partial charge in [-0.3, -0.25) is 14.4 Å². The monoisotopic (exact) mass is 335 g/mol. The third-order valence-corrected chi connectivity index (χ3v) is 4.92. The van der Waals surface area contributed by atoms with Crippen LogP contribution in [0.25, 0.3) is 0 Å². The van der Waals surface area contributed by atoms with Gasteiger partial charge in [-0.15, -0.1) is 0 Å². The lowest BCUT2D eigenvalue weighted by Gasteiger charge is -2.29. The molecule has 0 spiro atoms. The zero-order valence-corrected chi connectivity index (χ0v) is 14.7. The molecule has 24 heavy (non-hydrogen) atoms. The molecule has 3 rings (SSSR count). The van der Waals surface area contributed by atoms with E-state index in [0.717, 1.165) is 78.5 Å². The minimum Gasteiger partial charge on any atom is -0.379 e. The molecule has 2 saturated heterocycles. The predicted octanol–water partition coefficient (Wildman–Crippen LogP) is 0.383. The molecule has 0 atom stereocenters. The molecule has 0 saturated carbocycles. The van der Waals surface area contributed by atoms with Crippen molar-refractivity contribution in [2.45, 2.75) is 19.9 Å². The van der Waals surface area contributed by atoms with Crippen LogP contribution >= 0.6 is 0 Å². The van der Waals surface area contributed by atoms with Crippen molar-refractivity contribution in [3.8, 4) is 0 Å². The van der Waals surface area contributed by atoms with Crippen LogP contribution in [-0.4, -0.2) is 96.0 Å². The van der Waals surface area contributed by atoms with E-state index in [9.17, 15) is 4.79 Å². The molecule has 134 valence electrons. The van der Waals surface area contributed by atoms with E-state index in [1.165, 1.54) is 0 Å². The highest BCUT2D eigenvalue weighted by Crippen LogP contribution is 2.09. The van der Waals surface area contributed by atoms with Gasteiger partial charge < -0.3 is 14.5 Å². The molecular weight excluding hydrogens is 306 g/mol. The molecule has 2 aliphatic rings. The van der Waals surface area contributed by atoms with Gasteiger partial charge in [0.1, 0.15) is 0 Å². The van der Waals surface area contributed by atoms with Crippen molar-refractivity contribution in [1.29, 1.82) is 0 Å². The molecule has 2 fully saturated rings. The Bertz CT molecular complexity index is 527. The summed E-state index contributed by atoms with van der Waals surface area (Å²) in [6, 6.07) is 0. The second kappa shape index (κ2) is 8.60. The molecular formula is C17H29N5O2. The van der Waals surface area contributed by atoms with E-state index >= 15 is 0 Å². The van der Waals surface area contributed by atoms with Crippen molar-refractivity contribution in [3.63, 3.8) is 0 Å². The molecule has 0 bridgehead atoms. The number of hydrogen-bond donors (Lipinski definition) is 0. The molecule has 1 aromatic rings. The van der Waals surface area contributed by atoms with Gasteiger partial charge in [0, 0.05) is 58.6 Å². The Morgan fingerprint density at radius 1 is 1.08 bits per heavy atom. The summed E-state index contributed by atoms with van der Waals surface area (Å²) in [5.41, 5.74) is 0.707. The summed E-state index contributed by atoms with van der Waals surface area (Å²) in [7, 11) is 0. The largest absolute Gasteiger partial charge is 0.379 e. The van der Waals surface area contributed by atoms with Crippen LogP contribution < -0.4 is 0 Å². The van der Waals surface area contributed by atoms with Crippen LogP contribution in [-0.2, 0) is 11.3 Å². The van der Waals surface area contributed by atoms with Crippen LogP contribution in [0.1, 0.15) is 23.7 Å². The van der Waals surface area contributed by atoms with Gasteiger partial charge in [0.15, 0.2) is 0 Å². The standard InChI is InChI=1S/C17H29N5O2/c1-2-22-15-16(14-18-22)17(23)21-5-3-4-19(8-9-21)6-7-20-10-12-24-13-11-20/h14-15H,2-13H2,1H3. The van der Waals surface area contributed by atoms with E-state index in [2.05, 4.69) is 14.9 Å². The smallest absolute Gasteiger partial charge is 0.257 e. The Kier molecular flexibility index (Phi) is 6.23. The highest BCUT2D eigenvalue weighted by atomic mass is 16.5. The molecule has 0 aromatic carbocycles. The lowest BCUT2D eigenvalue weighted by atomic mass is 10.3. The third-order valence-electron chi connectivity index (χ3n) is 4.92. The average Bonchev–Trinajstić information content (AvgIpc) is 2.99. The Hall–Kier alpha value is -1.44. The van der Waals surface area contributed by atoms with Gasteiger partial charge in [0.25, 0.3) is 5.91 Å². The first-order valence-corrected chi connectivity index (χ1v) is 9.10. The minimum absolute atomic E-state index is 0.115. The number of aromatic nitrogens is 2. The number of amides is 1. The first kappa shape index (κ1) is 17.4. The molecule has 0 radical (unpaired) electrons. The van der Waals surface area contributed by atoms with E-state index in [1.54, 1.807) is 10.9 Å². The summed E-state index contributed by atoms with van der Waals surface area (Å²) in [6.07, 6.45) is 4.58. The van der Waals surface area contributed by atoms with Crippen LogP contribution in [0, 0.1) is 0 Å². The lowest BCUT2D eigenvalue weighted by Crippen LogP contribution is -2.42. The number of aryl methyl sites for hydroxylation is 1. The zero-order valence-electron chi connectivity index (χ0n) is 14.7. The molecule has 7 nitrogen and oxygen atoms in total. The van der Waals surface area contributed by atoms with Gasteiger partial charge in [0.2, 0.25) is 0 Å². The number of rotatable bonds is 5. The van der Waals surface area contributed by atoms with Crippen molar-refractivity contribution < 1.29 is 9.53 Å². The van der Waals surface area contributed by atoms with E-state index in [0.29, 0.717) is 5.56 Å². The first-order valence-electron chi connectivity index (χ1n) is 9.10. The molecule has 7 heteroatoms. The zero-order chi connectivity index (χ0) is 16.8. The molecule has 1 amide bonds. The number of morpholine rings is 1. The molecule has 1 aromatic heterocycles. The summed E-state index contributed by atoms with van der Waals surface area (Å²) >= 11 is 0. The van der Waals surface area contributed by atoms with Gasteiger partial charge in [0.05, 0.1) is 25.0 Å². The average molecular weight is 335 g/mol. The molecule has 0 N–H and O–H groups in total. The molecule has 0 aliphatic carbocycles. The Balaban J connectivity index is 1.46. The Morgan fingerprint density at radius 2 is 1.83 bits per heavy atom. The fourth-order valence-corrected chi connectivity index (χ4v) is 3.33. The van der Waals surface area contributed by atoms with E-state index < -0.39 is 0 Å². The van der Waals surface area contributed by atoms with E-state index in [-0.39, 0.29) is 5.91 Å². The second-order valence-corrected chi connectivity index (χ2v) is 6.53. The fourth-order valence-electron chi connectivity index (χ4n) is 3.33. The predicted molar refractivity (Wildman–Crippen MR) is 92.1 cm³/mol. The SMILES string of the molecule is CCn1cc(C(=O)N2CCCN(CCN3CCOCC3)CC2)cn1. The highest BCUT2D eigenvalue weighted by molar-refractivity contribution is 5.93. The summed E-state index contributed by atoms with van der Waals surface area (Å²) in [4.78, 5) is 19.6. The van der Waals surface area contributed by atoms with Gasteiger partial charge in [-0.25, -0.2) is 0 Å². The van der Waals surface area contributed by atoms with E-state index in [1.807, 2.05) is 18.0 Å². The van der Waals surface area contributed by atoms with Crippen molar-refractivity contribution in [2.75, 3.05) is 65.6 Å².